The number of benzene rings is 2. The molecule has 2 amide bonds. The highest BCUT2D eigenvalue weighted by atomic mass is 16.2. The second-order valence-electron chi connectivity index (χ2n) is 7.54. The molecule has 0 aromatic heterocycles. The molecule has 5 heteroatoms. The fraction of sp³-hybridized carbons (Fsp3) is 0.391. The van der Waals surface area contributed by atoms with Gasteiger partial charge in [-0.2, -0.15) is 0 Å². The maximum atomic E-state index is 13.4. The Morgan fingerprint density at radius 3 is 2.21 bits per heavy atom. The molecule has 1 N–H and O–H groups in total. The van der Waals surface area contributed by atoms with Crippen LogP contribution in [0.3, 0.4) is 0 Å². The Morgan fingerprint density at radius 2 is 1.61 bits per heavy atom. The van der Waals surface area contributed by atoms with E-state index in [1.807, 2.05) is 75.1 Å². The maximum absolute atomic E-state index is 13.4. The minimum atomic E-state index is -0.664. The Bertz CT molecular complexity index is 873. The first-order valence-electron chi connectivity index (χ1n) is 9.88. The van der Waals surface area contributed by atoms with E-state index < -0.39 is 6.17 Å². The van der Waals surface area contributed by atoms with E-state index in [1.165, 1.54) is 0 Å². The maximum Gasteiger partial charge on any atom is 0.262 e. The number of hydrogen-bond acceptors (Lipinski definition) is 3. The van der Waals surface area contributed by atoms with Gasteiger partial charge < -0.3 is 5.32 Å². The van der Waals surface area contributed by atoms with Crippen molar-refractivity contribution < 1.29 is 9.59 Å². The third-order valence-electron chi connectivity index (χ3n) is 5.47. The van der Waals surface area contributed by atoms with E-state index in [1.54, 1.807) is 4.90 Å². The molecule has 1 heterocycles. The van der Waals surface area contributed by atoms with Crippen LogP contribution < -0.4 is 10.2 Å². The molecular weight excluding hydrogens is 350 g/mol. The first-order valence-corrected chi connectivity index (χ1v) is 9.88. The van der Waals surface area contributed by atoms with Crippen molar-refractivity contribution in [2.24, 2.45) is 0 Å². The average molecular weight is 380 g/mol. The summed E-state index contributed by atoms with van der Waals surface area (Å²) in [6.07, 6.45) is 0.203. The van der Waals surface area contributed by atoms with Crippen molar-refractivity contribution in [3.05, 3.63) is 59.2 Å². The summed E-state index contributed by atoms with van der Waals surface area (Å²) in [6.45, 7) is 10.6. The molecule has 1 fully saturated rings. The van der Waals surface area contributed by atoms with Gasteiger partial charge in [-0.15, -0.1) is 0 Å². The number of amides is 2. The average Bonchev–Trinajstić information content (AvgIpc) is 2.90. The molecule has 28 heavy (non-hydrogen) atoms. The van der Waals surface area contributed by atoms with Crippen LogP contribution in [0.25, 0.3) is 0 Å². The van der Waals surface area contributed by atoms with Crippen LogP contribution in [0.15, 0.2) is 42.5 Å². The van der Waals surface area contributed by atoms with E-state index >= 15 is 0 Å². The molecule has 3 rings (SSSR count). The predicted molar refractivity (Wildman–Crippen MR) is 113 cm³/mol. The molecule has 1 aliphatic heterocycles. The van der Waals surface area contributed by atoms with Crippen molar-refractivity contribution in [1.29, 1.82) is 0 Å². The molecule has 148 valence electrons. The summed E-state index contributed by atoms with van der Waals surface area (Å²) in [7, 11) is 0. The van der Waals surface area contributed by atoms with Gasteiger partial charge in [0.25, 0.3) is 5.91 Å². The van der Waals surface area contributed by atoms with Crippen LogP contribution in [0.5, 0.6) is 0 Å². The lowest BCUT2D eigenvalue weighted by molar-refractivity contribution is -0.121. The summed E-state index contributed by atoms with van der Waals surface area (Å²) in [5.74, 6) is -0.212. The third kappa shape index (κ3) is 3.54. The fourth-order valence-corrected chi connectivity index (χ4v) is 3.95. The SMILES string of the molecule is CCCN1[C@H](C)C(=O)N(c2ccccc2C)[C@H]1C(=O)Nc1c(C)cccc1C. The summed E-state index contributed by atoms with van der Waals surface area (Å²) in [4.78, 5) is 30.3. The van der Waals surface area contributed by atoms with Crippen molar-refractivity contribution in [2.45, 2.75) is 53.2 Å². The van der Waals surface area contributed by atoms with Gasteiger partial charge in [0.1, 0.15) is 0 Å². The minimum Gasteiger partial charge on any atom is -0.323 e. The van der Waals surface area contributed by atoms with Crippen molar-refractivity contribution in [1.82, 2.24) is 4.90 Å². The molecule has 2 atom stereocenters. The van der Waals surface area contributed by atoms with Crippen molar-refractivity contribution >= 4 is 23.2 Å². The van der Waals surface area contributed by atoms with E-state index in [9.17, 15) is 9.59 Å². The minimum absolute atomic E-state index is 0.0376. The lowest BCUT2D eigenvalue weighted by Gasteiger charge is -2.30. The van der Waals surface area contributed by atoms with Crippen LogP contribution in [0, 0.1) is 20.8 Å². The number of nitrogens with one attached hydrogen (secondary N) is 1. The highest BCUT2D eigenvalue weighted by Crippen LogP contribution is 2.32. The highest BCUT2D eigenvalue weighted by Gasteiger charge is 2.48. The van der Waals surface area contributed by atoms with Gasteiger partial charge in [0.05, 0.1) is 6.04 Å². The zero-order chi connectivity index (χ0) is 20.4. The Labute approximate surface area is 167 Å². The largest absolute Gasteiger partial charge is 0.323 e. The summed E-state index contributed by atoms with van der Waals surface area (Å²) in [6, 6.07) is 13.3. The van der Waals surface area contributed by atoms with Crippen LogP contribution in [-0.2, 0) is 9.59 Å². The van der Waals surface area contributed by atoms with E-state index in [0.29, 0.717) is 6.54 Å². The quantitative estimate of drug-likeness (QED) is 0.854. The summed E-state index contributed by atoms with van der Waals surface area (Å²) >= 11 is 0. The molecule has 1 aliphatic rings. The van der Waals surface area contributed by atoms with Crippen molar-refractivity contribution in [3.8, 4) is 0 Å². The number of carbonyl (C=O) groups excluding carboxylic acids is 2. The summed E-state index contributed by atoms with van der Waals surface area (Å²) in [5.41, 5.74) is 4.61. The van der Waals surface area contributed by atoms with Gasteiger partial charge in [-0.3, -0.25) is 19.4 Å². The molecule has 1 saturated heterocycles. The molecule has 0 saturated carbocycles. The summed E-state index contributed by atoms with van der Waals surface area (Å²) in [5, 5.41) is 3.09. The second kappa shape index (κ2) is 8.15. The number of nitrogens with zero attached hydrogens (tertiary/aromatic N) is 2. The molecule has 0 aliphatic carbocycles. The highest BCUT2D eigenvalue weighted by molar-refractivity contribution is 6.09. The molecule has 5 nitrogen and oxygen atoms in total. The Hall–Kier alpha value is -2.66. The first kappa shape index (κ1) is 20.1. The predicted octanol–water partition coefficient (Wildman–Crippen LogP) is 4.02. The van der Waals surface area contributed by atoms with E-state index in [2.05, 4.69) is 12.2 Å². The van der Waals surface area contributed by atoms with Crippen LogP contribution in [0.1, 0.15) is 37.0 Å². The van der Waals surface area contributed by atoms with Gasteiger partial charge in [-0.25, -0.2) is 0 Å². The van der Waals surface area contributed by atoms with Gasteiger partial charge >= 0.3 is 0 Å². The summed E-state index contributed by atoms with van der Waals surface area (Å²) < 4.78 is 0. The molecule has 0 radical (unpaired) electrons. The Morgan fingerprint density at radius 1 is 1.00 bits per heavy atom. The van der Waals surface area contributed by atoms with Crippen LogP contribution in [0.4, 0.5) is 11.4 Å². The van der Waals surface area contributed by atoms with E-state index in [0.717, 1.165) is 34.5 Å². The van der Waals surface area contributed by atoms with Crippen molar-refractivity contribution in [2.75, 3.05) is 16.8 Å². The van der Waals surface area contributed by atoms with Gasteiger partial charge in [0.15, 0.2) is 6.17 Å². The first-order chi connectivity index (χ1) is 13.4. The molecule has 2 aromatic rings. The van der Waals surface area contributed by atoms with Crippen LogP contribution in [-0.4, -0.2) is 35.5 Å². The number of anilines is 2. The van der Waals surface area contributed by atoms with Crippen LogP contribution >= 0.6 is 0 Å². The van der Waals surface area contributed by atoms with Gasteiger partial charge in [-0.05, 0) is 56.9 Å². The topological polar surface area (TPSA) is 52.7 Å². The molecule has 0 unspecified atom stereocenters. The number of para-hydroxylation sites is 2. The zero-order valence-electron chi connectivity index (χ0n) is 17.3. The number of hydrogen-bond donors (Lipinski definition) is 1. The lowest BCUT2D eigenvalue weighted by atomic mass is 10.1. The third-order valence-corrected chi connectivity index (χ3v) is 5.47. The Balaban J connectivity index is 2.03. The lowest BCUT2D eigenvalue weighted by Crippen LogP contribution is -2.49. The number of rotatable bonds is 5. The smallest absolute Gasteiger partial charge is 0.262 e. The van der Waals surface area contributed by atoms with E-state index in [4.69, 9.17) is 0 Å². The van der Waals surface area contributed by atoms with Gasteiger partial charge in [-0.1, -0.05) is 43.3 Å². The molecule has 0 bridgehead atoms. The molecule has 0 spiro atoms. The van der Waals surface area contributed by atoms with Gasteiger partial charge in [0, 0.05) is 17.9 Å². The molecule has 2 aromatic carbocycles. The number of aryl methyl sites for hydroxylation is 3. The fourth-order valence-electron chi connectivity index (χ4n) is 3.95. The monoisotopic (exact) mass is 379 g/mol. The number of carbonyl (C=O) groups is 2. The van der Waals surface area contributed by atoms with Crippen LogP contribution in [0.2, 0.25) is 0 Å². The molecular formula is C23H29N3O2. The van der Waals surface area contributed by atoms with Crippen molar-refractivity contribution in [3.63, 3.8) is 0 Å². The zero-order valence-corrected chi connectivity index (χ0v) is 17.3. The Kier molecular flexibility index (Phi) is 5.84. The normalized spacial score (nSPS) is 19.9. The standard InChI is InChI=1S/C23H29N3O2/c1-6-14-25-18(5)23(28)26(19-13-8-7-10-15(19)2)22(25)21(27)24-20-16(3)11-9-12-17(20)4/h7-13,18,22H,6,14H2,1-5H3,(H,24,27)/t18-,22+/m1/s1. The second-order valence-corrected chi connectivity index (χ2v) is 7.54. The van der Waals surface area contributed by atoms with E-state index in [-0.39, 0.29) is 17.9 Å². The van der Waals surface area contributed by atoms with Gasteiger partial charge in [0.2, 0.25) is 5.91 Å².